The maximum atomic E-state index is 13.9. The van der Waals surface area contributed by atoms with Crippen molar-refractivity contribution in [1.29, 1.82) is 0 Å². The van der Waals surface area contributed by atoms with Crippen LogP contribution < -0.4 is 49.1 Å². The Morgan fingerprint density at radius 1 is 0.632 bits per heavy atom. The summed E-state index contributed by atoms with van der Waals surface area (Å²) in [6, 6.07) is 5.74. The Bertz CT molecular complexity index is 2370. The van der Waals surface area contributed by atoms with Crippen molar-refractivity contribution in [2.75, 3.05) is 25.2 Å². The normalized spacial score (nSPS) is 14.5. The molecule has 0 radical (unpaired) electrons. The lowest BCUT2D eigenvalue weighted by atomic mass is 10.0. The number of fused-ring (bicyclic) bond motifs is 2. The van der Waals surface area contributed by atoms with Crippen LogP contribution in [0.25, 0.3) is 21.8 Å². The van der Waals surface area contributed by atoms with Crippen molar-refractivity contribution >= 4 is 80.9 Å². The van der Waals surface area contributed by atoms with Crippen molar-refractivity contribution < 1.29 is 48.6 Å². The molecule has 0 saturated heterocycles. The Labute approximate surface area is 398 Å². The van der Waals surface area contributed by atoms with E-state index in [1.807, 2.05) is 48.5 Å². The summed E-state index contributed by atoms with van der Waals surface area (Å²) in [5.74, 6) is -7.26. The number of aromatic amines is 2. The van der Waals surface area contributed by atoms with E-state index < -0.39 is 115 Å². The number of aliphatic carboxylic acids is 1. The summed E-state index contributed by atoms with van der Waals surface area (Å²) in [6.07, 6.45) is 5.50. The van der Waals surface area contributed by atoms with Gasteiger partial charge in [0.25, 0.3) is 0 Å². The number of unbranched alkanes of at least 4 members (excludes halogenated alkanes) is 1. The molecule has 0 spiro atoms. The van der Waals surface area contributed by atoms with Gasteiger partial charge in [0.1, 0.15) is 36.3 Å². The number of aliphatic hydroxyl groups excluding tert-OH is 1. The monoisotopic (exact) mass is 963 g/mol. The number of amides is 7. The van der Waals surface area contributed by atoms with Crippen LogP contribution in [0.2, 0.25) is 0 Å². The Morgan fingerprint density at radius 3 is 1.63 bits per heavy atom. The van der Waals surface area contributed by atoms with Crippen LogP contribution in [0.15, 0.2) is 60.9 Å². The van der Waals surface area contributed by atoms with Crippen LogP contribution >= 0.6 is 11.8 Å². The number of carbonyl (C=O) groups is 8. The van der Waals surface area contributed by atoms with Crippen molar-refractivity contribution in [2.45, 2.75) is 108 Å². The van der Waals surface area contributed by atoms with E-state index in [0.717, 1.165) is 32.9 Å². The van der Waals surface area contributed by atoms with Crippen LogP contribution in [0.3, 0.4) is 0 Å². The van der Waals surface area contributed by atoms with Crippen molar-refractivity contribution in [3.63, 3.8) is 0 Å². The predicted octanol–water partition coefficient (Wildman–Crippen LogP) is -0.449. The number of aliphatic hydroxyl groups is 1. The number of aromatic nitrogens is 2. The quantitative estimate of drug-likeness (QED) is 0.0307. The van der Waals surface area contributed by atoms with Crippen LogP contribution in [0.1, 0.15) is 63.5 Å². The molecule has 0 saturated carbocycles. The lowest BCUT2D eigenvalue weighted by molar-refractivity contribution is -0.138. The first kappa shape index (κ1) is 54.1. The van der Waals surface area contributed by atoms with Gasteiger partial charge in [-0.2, -0.15) is 11.8 Å². The van der Waals surface area contributed by atoms with E-state index in [4.69, 9.17) is 17.2 Å². The van der Waals surface area contributed by atoms with Crippen molar-refractivity contribution in [3.05, 3.63) is 72.1 Å². The molecule has 2 aromatic heterocycles. The minimum absolute atomic E-state index is 0.00610. The van der Waals surface area contributed by atoms with Crippen molar-refractivity contribution in [1.82, 2.24) is 41.9 Å². The molecule has 4 rings (SSSR count). The number of para-hydroxylation sites is 2. The van der Waals surface area contributed by atoms with Crippen LogP contribution in [0.5, 0.6) is 0 Å². The molecular weight excluding hydrogens is 899 g/mol. The summed E-state index contributed by atoms with van der Waals surface area (Å²) in [6.45, 7) is 2.67. The maximum Gasteiger partial charge on any atom is 0.303 e. The number of H-pyrrole nitrogens is 2. The van der Waals surface area contributed by atoms with Gasteiger partial charge in [0, 0.05) is 47.0 Å². The SMILES string of the molecule is CSCCC(NC(=O)C(CCC(=O)O)NC(=O)C(CCCCN)NC(=O)C(N)Cc1c[nH]c2ccccc12)C(=O)NC(CO)C(=O)NC(C(=O)NC(Cc1c[nH]c2ccccc12)C(N)=O)C(C)C. The van der Waals surface area contributed by atoms with Crippen LogP contribution in [0.4, 0.5) is 0 Å². The summed E-state index contributed by atoms with van der Waals surface area (Å²) >= 11 is 1.34. The second-order valence-corrected chi connectivity index (χ2v) is 17.8. The fourth-order valence-corrected chi connectivity index (χ4v) is 7.99. The molecule has 7 atom stereocenters. The average molecular weight is 964 g/mol. The number of hydrogen-bond acceptors (Lipinski definition) is 12. The molecule has 2 heterocycles. The van der Waals surface area contributed by atoms with Gasteiger partial charge in [0.05, 0.1) is 12.6 Å². The van der Waals surface area contributed by atoms with E-state index in [1.165, 1.54) is 11.8 Å². The predicted molar refractivity (Wildman–Crippen MR) is 257 cm³/mol. The molecule has 4 aromatic rings. The van der Waals surface area contributed by atoms with E-state index in [2.05, 4.69) is 41.9 Å². The Hall–Kier alpha value is -6.49. The van der Waals surface area contributed by atoms with Gasteiger partial charge in [-0.05, 0) is 86.3 Å². The fraction of sp³-hybridized carbons (Fsp3) is 0.478. The average Bonchev–Trinajstić information content (AvgIpc) is 3.92. The van der Waals surface area contributed by atoms with E-state index >= 15 is 0 Å². The minimum atomic E-state index is -1.62. The molecule has 0 aliphatic heterocycles. The van der Waals surface area contributed by atoms with Gasteiger partial charge in [-0.3, -0.25) is 38.4 Å². The molecule has 2 aromatic carbocycles. The van der Waals surface area contributed by atoms with Gasteiger partial charge in [0.15, 0.2) is 0 Å². The number of primary amides is 1. The number of rotatable bonds is 29. The van der Waals surface area contributed by atoms with Crippen LogP contribution in [-0.2, 0) is 51.2 Å². The number of carboxylic acids is 1. The molecule has 16 N–H and O–H groups in total. The smallest absolute Gasteiger partial charge is 0.303 e. The van der Waals surface area contributed by atoms with Gasteiger partial charge < -0.3 is 69.3 Å². The fourth-order valence-electron chi connectivity index (χ4n) is 7.52. The summed E-state index contributed by atoms with van der Waals surface area (Å²) in [5, 5.41) is 36.9. The maximum absolute atomic E-state index is 13.9. The van der Waals surface area contributed by atoms with Gasteiger partial charge >= 0.3 is 5.97 Å². The second kappa shape index (κ2) is 26.7. The standard InChI is InChI=1S/C46H65N11O10S/c1-25(2)39(46(67)55-36(40(49)61)21-27-23-51-32-13-7-5-11-29(27)32)57-45(66)37(24-58)56-44(65)35(17-19-68-3)54-43(64)34(15-16-38(59)60)53-42(63)33(14-8-9-18-47)52-41(62)30(48)20-26-22-50-31-12-6-4-10-28(26)31/h4-7,10-13,22-23,25,30,33-37,39,50-51,58H,8-9,14-21,24,47-48H2,1-3H3,(H2,49,61)(H,52,62)(H,53,63)(H,54,64)(H,55,67)(H,56,65)(H,57,66)(H,59,60). The van der Waals surface area contributed by atoms with E-state index in [9.17, 15) is 48.6 Å². The molecule has 0 aliphatic carbocycles. The van der Waals surface area contributed by atoms with Crippen molar-refractivity contribution in [3.8, 4) is 0 Å². The highest BCUT2D eigenvalue weighted by atomic mass is 32.2. The number of carbonyl (C=O) groups excluding carboxylic acids is 7. The molecule has 0 fully saturated rings. The number of nitrogens with one attached hydrogen (secondary N) is 8. The first-order valence-corrected chi connectivity index (χ1v) is 23.9. The molecule has 7 unspecified atom stereocenters. The third-order valence-corrected chi connectivity index (χ3v) is 12.0. The molecular formula is C46H65N11O10S. The Balaban J connectivity index is 1.44. The number of thioether (sulfide) groups is 1. The first-order chi connectivity index (χ1) is 32.5. The molecule has 7 amide bonds. The third kappa shape index (κ3) is 15.8. The first-order valence-electron chi connectivity index (χ1n) is 22.5. The van der Waals surface area contributed by atoms with Crippen LogP contribution in [0, 0.1) is 5.92 Å². The highest BCUT2D eigenvalue weighted by Gasteiger charge is 2.34. The highest BCUT2D eigenvalue weighted by Crippen LogP contribution is 2.21. The summed E-state index contributed by atoms with van der Waals surface area (Å²) in [4.78, 5) is 113. The molecule has 0 aliphatic rings. The number of benzene rings is 2. The van der Waals surface area contributed by atoms with Crippen molar-refractivity contribution in [2.24, 2.45) is 23.1 Å². The second-order valence-electron chi connectivity index (χ2n) is 16.9. The third-order valence-electron chi connectivity index (χ3n) is 11.4. The molecule has 0 bridgehead atoms. The van der Waals surface area contributed by atoms with Gasteiger partial charge in [-0.15, -0.1) is 0 Å². The lowest BCUT2D eigenvalue weighted by Crippen LogP contribution is -2.61. The Morgan fingerprint density at radius 2 is 1.12 bits per heavy atom. The zero-order chi connectivity index (χ0) is 49.9. The topological polar surface area (TPSA) is 359 Å². The summed E-state index contributed by atoms with van der Waals surface area (Å²) < 4.78 is 0. The van der Waals surface area contributed by atoms with Gasteiger partial charge in [-0.1, -0.05) is 50.2 Å². The lowest BCUT2D eigenvalue weighted by Gasteiger charge is -2.28. The molecule has 68 heavy (non-hydrogen) atoms. The number of carboxylic acid groups (broad SMARTS) is 1. The molecule has 21 nitrogen and oxygen atoms in total. The van der Waals surface area contributed by atoms with E-state index in [-0.39, 0.29) is 25.7 Å². The van der Waals surface area contributed by atoms with E-state index in [1.54, 1.807) is 32.5 Å². The van der Waals surface area contributed by atoms with Gasteiger partial charge in [-0.25, -0.2) is 0 Å². The Kier molecular flexibility index (Phi) is 21.3. The molecule has 370 valence electrons. The highest BCUT2D eigenvalue weighted by molar-refractivity contribution is 7.98. The summed E-state index contributed by atoms with van der Waals surface area (Å²) in [5.41, 5.74) is 20.9. The minimum Gasteiger partial charge on any atom is -0.481 e. The number of hydrogen-bond donors (Lipinski definition) is 13. The summed E-state index contributed by atoms with van der Waals surface area (Å²) in [7, 11) is 0. The number of nitrogens with two attached hydrogens (primary N) is 3. The van der Waals surface area contributed by atoms with E-state index in [0.29, 0.717) is 25.1 Å². The molecule has 22 heteroatoms. The largest absolute Gasteiger partial charge is 0.481 e. The zero-order valence-electron chi connectivity index (χ0n) is 38.5. The van der Waals surface area contributed by atoms with Crippen LogP contribution in [-0.4, -0.2) is 135 Å². The zero-order valence-corrected chi connectivity index (χ0v) is 39.3. The van der Waals surface area contributed by atoms with Gasteiger partial charge in [0.2, 0.25) is 41.4 Å².